The van der Waals surface area contributed by atoms with Gasteiger partial charge in [0, 0.05) is 60.9 Å². The molecule has 6 rings (SSSR count). The lowest BCUT2D eigenvalue weighted by Gasteiger charge is -2.49. The number of thiophene rings is 1. The maximum atomic E-state index is 14.9. The highest BCUT2D eigenvalue weighted by Gasteiger charge is 2.45. The number of aromatic nitrogens is 3. The van der Waals surface area contributed by atoms with E-state index in [0.29, 0.717) is 42.2 Å². The minimum atomic E-state index is -1.04. The Labute approximate surface area is 284 Å². The summed E-state index contributed by atoms with van der Waals surface area (Å²) in [5.74, 6) is -1.39. The van der Waals surface area contributed by atoms with E-state index in [1.165, 1.54) is 6.42 Å². The Morgan fingerprint density at radius 1 is 1.10 bits per heavy atom. The molecule has 3 heterocycles. The van der Waals surface area contributed by atoms with Crippen molar-refractivity contribution < 1.29 is 18.3 Å². The number of benzene rings is 1. The van der Waals surface area contributed by atoms with Gasteiger partial charge in [0.15, 0.2) is 11.6 Å². The summed E-state index contributed by atoms with van der Waals surface area (Å²) in [5, 5.41) is 10.9. The zero-order valence-corrected chi connectivity index (χ0v) is 29.4. The largest absolute Gasteiger partial charge is 0.463 e. The van der Waals surface area contributed by atoms with Crippen LogP contribution >= 0.6 is 11.3 Å². The second-order valence-corrected chi connectivity index (χ2v) is 14.9. The average molecular weight is 679 g/mol. The molecule has 0 aliphatic heterocycles. The summed E-state index contributed by atoms with van der Waals surface area (Å²) in [4.78, 5) is 21.2. The molecule has 10 nitrogen and oxygen atoms in total. The van der Waals surface area contributed by atoms with Gasteiger partial charge in [-0.15, -0.1) is 11.3 Å². The van der Waals surface area contributed by atoms with Crippen molar-refractivity contribution in [3.8, 4) is 23.3 Å². The van der Waals surface area contributed by atoms with Crippen LogP contribution in [0.15, 0.2) is 18.3 Å². The molecule has 2 fully saturated rings. The third-order valence-electron chi connectivity index (χ3n) is 10.3. The molecule has 0 amide bonds. The number of rotatable bonds is 14. The van der Waals surface area contributed by atoms with E-state index in [2.05, 4.69) is 53.8 Å². The number of hydrogen-bond donors (Lipinski definition) is 1. The molecule has 256 valence electrons. The van der Waals surface area contributed by atoms with Crippen molar-refractivity contribution in [2.45, 2.75) is 57.5 Å². The van der Waals surface area contributed by atoms with Crippen LogP contribution in [0.25, 0.3) is 32.2 Å². The average Bonchev–Trinajstić information content (AvgIpc) is 3.73. The van der Waals surface area contributed by atoms with Gasteiger partial charge in [-0.1, -0.05) is 0 Å². The summed E-state index contributed by atoms with van der Waals surface area (Å²) in [7, 11) is 8.37. The van der Waals surface area contributed by atoms with E-state index in [1.807, 2.05) is 14.0 Å². The molecule has 3 aromatic heterocycles. The molecule has 0 saturated heterocycles. The van der Waals surface area contributed by atoms with E-state index >= 15 is 0 Å². The van der Waals surface area contributed by atoms with Crippen molar-refractivity contribution in [1.29, 1.82) is 5.26 Å². The summed E-state index contributed by atoms with van der Waals surface area (Å²) in [6, 6.07) is 5.38. The van der Waals surface area contributed by atoms with Gasteiger partial charge in [-0.25, -0.2) is 8.78 Å². The molecule has 2 N–H and O–H groups in total. The lowest BCUT2D eigenvalue weighted by atomic mass is 9.75. The normalized spacial score (nSPS) is 17.1. The summed E-state index contributed by atoms with van der Waals surface area (Å²) in [6.45, 7) is 7.63. The minimum absolute atomic E-state index is 0.00768. The molecule has 48 heavy (non-hydrogen) atoms. The zero-order valence-electron chi connectivity index (χ0n) is 28.6. The molecule has 0 spiro atoms. The van der Waals surface area contributed by atoms with Gasteiger partial charge in [0.25, 0.3) is 0 Å². The van der Waals surface area contributed by atoms with E-state index in [9.17, 15) is 14.0 Å². The first-order chi connectivity index (χ1) is 22.9. The van der Waals surface area contributed by atoms with Crippen LogP contribution in [-0.2, 0) is 4.74 Å². The zero-order chi connectivity index (χ0) is 34.4. The fourth-order valence-electron chi connectivity index (χ4n) is 6.73. The van der Waals surface area contributed by atoms with Crippen LogP contribution in [0.1, 0.15) is 51.5 Å². The van der Waals surface area contributed by atoms with Gasteiger partial charge in [-0.2, -0.15) is 15.2 Å². The maximum absolute atomic E-state index is 14.9. The highest BCUT2D eigenvalue weighted by molar-refractivity contribution is 7.23. The summed E-state index contributed by atoms with van der Waals surface area (Å²) in [5.41, 5.74) is 7.35. The lowest BCUT2D eigenvalue weighted by Crippen LogP contribution is -2.56. The third-order valence-corrected chi connectivity index (χ3v) is 11.3. The number of halogens is 2. The van der Waals surface area contributed by atoms with E-state index in [1.54, 1.807) is 12.3 Å². The first-order valence-electron chi connectivity index (χ1n) is 16.5. The molecular formula is C35H44F2N8O2S. The monoisotopic (exact) mass is 678 g/mol. The number of pyridine rings is 1. The molecule has 1 aromatic carbocycles. The predicted molar refractivity (Wildman–Crippen MR) is 186 cm³/mol. The van der Waals surface area contributed by atoms with E-state index in [-0.39, 0.29) is 49.2 Å². The molecular weight excluding hydrogens is 635 g/mol. The number of fused-ring (bicyclic) bond motifs is 2. The quantitative estimate of drug-likeness (QED) is 0.168. The number of nitriles is 1. The molecule has 2 saturated carbocycles. The van der Waals surface area contributed by atoms with Crippen LogP contribution in [0.5, 0.6) is 6.01 Å². The van der Waals surface area contributed by atoms with Gasteiger partial charge in [-0.05, 0) is 79.2 Å². The van der Waals surface area contributed by atoms with Gasteiger partial charge >= 0.3 is 6.01 Å². The van der Waals surface area contributed by atoms with Crippen LogP contribution in [0.4, 0.5) is 19.6 Å². The van der Waals surface area contributed by atoms with E-state index in [4.69, 9.17) is 25.2 Å². The molecule has 0 unspecified atom stereocenters. The van der Waals surface area contributed by atoms with Crippen LogP contribution in [-0.4, -0.2) is 97.4 Å². The number of hydrogen-bond acceptors (Lipinski definition) is 11. The van der Waals surface area contributed by atoms with Crippen molar-refractivity contribution in [3.63, 3.8) is 0 Å². The molecule has 2 aliphatic rings. The molecule has 0 bridgehead atoms. The Morgan fingerprint density at radius 2 is 1.85 bits per heavy atom. The Balaban J connectivity index is 1.38. The molecule has 2 aliphatic carbocycles. The fourth-order valence-corrected chi connectivity index (χ4v) is 7.70. The van der Waals surface area contributed by atoms with Crippen molar-refractivity contribution in [3.05, 3.63) is 35.5 Å². The Hall–Kier alpha value is -3.70. The second-order valence-electron chi connectivity index (χ2n) is 13.8. The number of likely N-dealkylation sites (N-methyl/N-ethyl adjacent to an activating group) is 3. The number of nitrogen functional groups attached to an aromatic ring is 1. The summed E-state index contributed by atoms with van der Waals surface area (Å²) in [6.07, 6.45) is 7.12. The SMILES string of the molecule is CCOC[C@H](C)N(C)CC1(COc2nc(N(C)CC3(N(C)C)CCC3)c3cnc(-c4cc(F)c(F)c5sc(N)c(C#N)c45)cc3n2)CC1. The Morgan fingerprint density at radius 3 is 2.48 bits per heavy atom. The van der Waals surface area contributed by atoms with Crippen LogP contribution in [0.3, 0.4) is 0 Å². The summed E-state index contributed by atoms with van der Waals surface area (Å²) >= 11 is 0.851. The van der Waals surface area contributed by atoms with Crippen LogP contribution in [0.2, 0.25) is 0 Å². The van der Waals surface area contributed by atoms with Gasteiger partial charge in [0.05, 0.1) is 40.1 Å². The van der Waals surface area contributed by atoms with Crippen LogP contribution < -0.4 is 15.4 Å². The molecule has 0 radical (unpaired) electrons. The first-order valence-corrected chi connectivity index (χ1v) is 17.3. The predicted octanol–water partition coefficient (Wildman–Crippen LogP) is 6.07. The van der Waals surface area contributed by atoms with Crippen molar-refractivity contribution in [2.24, 2.45) is 5.41 Å². The number of ether oxygens (including phenoxy) is 2. The Bertz CT molecular complexity index is 1870. The van der Waals surface area contributed by atoms with E-state index in [0.717, 1.165) is 56.2 Å². The highest BCUT2D eigenvalue weighted by atomic mass is 32.1. The van der Waals surface area contributed by atoms with Crippen LogP contribution in [0, 0.1) is 28.4 Å². The maximum Gasteiger partial charge on any atom is 0.318 e. The standard InChI is InChI=1S/C35H44F2N8O2S/c1-7-46-17-21(2)44(5)18-34(11-12-34)20-47-33-41-27-14-26(22-13-25(36)29(37)30-28(22)23(15-38)31(39)48-30)40-16-24(27)32(42-33)45(6)19-35(43(3)4)9-8-10-35/h13-14,16,21H,7-12,17-20,39H2,1-6H3/t21-/m0/s1. The molecule has 13 heteroatoms. The topological polar surface area (TPSA) is 117 Å². The minimum Gasteiger partial charge on any atom is -0.463 e. The number of nitrogens with zero attached hydrogens (tertiary/aromatic N) is 7. The third kappa shape index (κ3) is 6.39. The number of nitrogens with two attached hydrogens (primary N) is 1. The highest BCUT2D eigenvalue weighted by Crippen LogP contribution is 2.47. The van der Waals surface area contributed by atoms with Crippen molar-refractivity contribution >= 4 is 43.1 Å². The smallest absolute Gasteiger partial charge is 0.318 e. The van der Waals surface area contributed by atoms with Crippen molar-refractivity contribution in [2.75, 3.05) is 71.7 Å². The summed E-state index contributed by atoms with van der Waals surface area (Å²) < 4.78 is 41.8. The fraction of sp³-hybridized carbons (Fsp3) is 0.543. The van der Waals surface area contributed by atoms with Gasteiger partial charge in [-0.3, -0.25) is 4.98 Å². The number of anilines is 2. The van der Waals surface area contributed by atoms with Gasteiger partial charge in [0.1, 0.15) is 16.9 Å². The lowest BCUT2D eigenvalue weighted by molar-refractivity contribution is 0.0678. The molecule has 4 aromatic rings. The Kier molecular flexibility index (Phi) is 9.47. The van der Waals surface area contributed by atoms with Gasteiger partial charge in [0.2, 0.25) is 0 Å². The van der Waals surface area contributed by atoms with Crippen molar-refractivity contribution in [1.82, 2.24) is 24.8 Å². The van der Waals surface area contributed by atoms with Gasteiger partial charge < -0.3 is 29.9 Å². The first kappa shape index (κ1) is 34.2. The van der Waals surface area contributed by atoms with E-state index < -0.39 is 11.6 Å². The molecule has 1 atom stereocenters. The second kappa shape index (κ2) is 13.3.